The summed E-state index contributed by atoms with van der Waals surface area (Å²) in [6.45, 7) is 4.10. The molecule has 0 radical (unpaired) electrons. The maximum Gasteiger partial charge on any atom is 0.378 e. The van der Waals surface area contributed by atoms with Gasteiger partial charge in [-0.1, -0.05) is 54.1 Å². The third-order valence-corrected chi connectivity index (χ3v) is 5.67. The molecule has 1 fully saturated rings. The number of hydrogen-bond acceptors (Lipinski definition) is 6. The molecule has 0 aromatic heterocycles. The minimum atomic E-state index is -0.455. The van der Waals surface area contributed by atoms with Crippen molar-refractivity contribution in [1.29, 1.82) is 0 Å². The molecule has 3 aromatic carbocycles. The summed E-state index contributed by atoms with van der Waals surface area (Å²) in [5.74, 6) is -0.455. The zero-order valence-corrected chi connectivity index (χ0v) is 17.4. The fourth-order valence-electron chi connectivity index (χ4n) is 3.84. The van der Waals surface area contributed by atoms with Crippen molar-refractivity contribution in [3.63, 3.8) is 0 Å². The van der Waals surface area contributed by atoms with Gasteiger partial charge in [-0.05, 0) is 54.8 Å². The Hall–Kier alpha value is -3.77. The number of nitrogens with one attached hydrogen (secondary N) is 1. The van der Waals surface area contributed by atoms with Crippen LogP contribution in [-0.2, 0) is 9.63 Å². The normalized spacial score (nSPS) is 20.4. The Morgan fingerprint density at radius 2 is 1.68 bits per heavy atom. The molecule has 0 amide bonds. The zero-order chi connectivity index (χ0) is 21.4. The molecule has 0 spiro atoms. The van der Waals surface area contributed by atoms with E-state index in [0.717, 1.165) is 27.5 Å². The van der Waals surface area contributed by atoms with Gasteiger partial charge in [0.25, 0.3) is 0 Å². The van der Waals surface area contributed by atoms with Gasteiger partial charge in [0.15, 0.2) is 5.70 Å². The SMILES string of the molecule is Cc1ccc(N2NOC(=O)C2=C2CC(c3ccccc3)N=c3ccccc3=N2)cc1C. The molecule has 2 aliphatic rings. The van der Waals surface area contributed by atoms with Gasteiger partial charge in [0.05, 0.1) is 28.1 Å². The molecule has 2 heterocycles. The van der Waals surface area contributed by atoms with Crippen LogP contribution in [0.4, 0.5) is 5.69 Å². The maximum absolute atomic E-state index is 12.8. The first-order valence-electron chi connectivity index (χ1n) is 10.2. The predicted molar refractivity (Wildman–Crippen MR) is 117 cm³/mol. The molecule has 6 nitrogen and oxygen atoms in total. The molecule has 6 heteroatoms. The van der Waals surface area contributed by atoms with Crippen molar-refractivity contribution < 1.29 is 9.63 Å². The molecule has 1 N–H and O–H groups in total. The van der Waals surface area contributed by atoms with Crippen LogP contribution in [0.3, 0.4) is 0 Å². The minimum Gasteiger partial charge on any atom is -0.345 e. The Morgan fingerprint density at radius 3 is 2.45 bits per heavy atom. The summed E-state index contributed by atoms with van der Waals surface area (Å²) in [6, 6.07) is 23.7. The van der Waals surface area contributed by atoms with Crippen molar-refractivity contribution in [2.24, 2.45) is 9.98 Å². The molecular formula is C25H22N4O2. The summed E-state index contributed by atoms with van der Waals surface area (Å²) >= 11 is 0. The van der Waals surface area contributed by atoms with Crippen LogP contribution in [0.25, 0.3) is 0 Å². The number of fused-ring (bicyclic) bond motifs is 1. The first-order chi connectivity index (χ1) is 15.1. The van der Waals surface area contributed by atoms with Crippen molar-refractivity contribution in [3.8, 4) is 0 Å². The standard InChI is InChI=1S/C25H22N4O2/c1-16-12-13-19(14-17(16)2)29-24(25(30)31-28-29)23-15-22(18-8-4-3-5-9-18)26-20-10-6-7-11-21(20)27-23/h3-14,22,28H,15H2,1-2H3. The van der Waals surface area contributed by atoms with Crippen LogP contribution in [0, 0.1) is 13.8 Å². The van der Waals surface area contributed by atoms with E-state index in [1.807, 2.05) is 67.6 Å². The highest BCUT2D eigenvalue weighted by Crippen LogP contribution is 2.32. The van der Waals surface area contributed by atoms with E-state index < -0.39 is 5.97 Å². The van der Waals surface area contributed by atoms with Gasteiger partial charge >= 0.3 is 5.97 Å². The number of para-hydroxylation sites is 2. The van der Waals surface area contributed by atoms with Crippen LogP contribution in [0.2, 0.25) is 0 Å². The lowest BCUT2D eigenvalue weighted by molar-refractivity contribution is -0.140. The summed E-state index contributed by atoms with van der Waals surface area (Å²) in [4.78, 5) is 27.8. The van der Waals surface area contributed by atoms with Crippen LogP contribution in [0.15, 0.2) is 94.2 Å². The Kier molecular flexibility index (Phi) is 4.84. The van der Waals surface area contributed by atoms with E-state index in [-0.39, 0.29) is 6.04 Å². The van der Waals surface area contributed by atoms with Crippen molar-refractivity contribution >= 4 is 11.7 Å². The average molecular weight is 410 g/mol. The van der Waals surface area contributed by atoms with E-state index in [0.29, 0.717) is 17.8 Å². The minimum absolute atomic E-state index is 0.161. The van der Waals surface area contributed by atoms with E-state index in [1.165, 1.54) is 5.56 Å². The van der Waals surface area contributed by atoms with Crippen molar-refractivity contribution in [2.45, 2.75) is 26.3 Å². The van der Waals surface area contributed by atoms with E-state index >= 15 is 0 Å². The van der Waals surface area contributed by atoms with Gasteiger partial charge in [-0.15, -0.1) is 0 Å². The third-order valence-electron chi connectivity index (χ3n) is 5.67. The largest absolute Gasteiger partial charge is 0.378 e. The molecule has 3 aromatic rings. The number of hydrogen-bond donors (Lipinski definition) is 1. The van der Waals surface area contributed by atoms with Crippen LogP contribution >= 0.6 is 0 Å². The van der Waals surface area contributed by atoms with Gasteiger partial charge in [0, 0.05) is 6.42 Å². The van der Waals surface area contributed by atoms with E-state index in [2.05, 4.69) is 24.6 Å². The molecule has 1 saturated heterocycles. The van der Waals surface area contributed by atoms with Crippen molar-refractivity contribution in [1.82, 2.24) is 5.59 Å². The van der Waals surface area contributed by atoms with Gasteiger partial charge in [-0.25, -0.2) is 14.8 Å². The summed E-state index contributed by atoms with van der Waals surface area (Å²) in [7, 11) is 0. The smallest absolute Gasteiger partial charge is 0.345 e. The highest BCUT2D eigenvalue weighted by molar-refractivity contribution is 5.95. The lowest BCUT2D eigenvalue weighted by Crippen LogP contribution is -2.30. The second-order valence-corrected chi connectivity index (χ2v) is 7.74. The van der Waals surface area contributed by atoms with Crippen LogP contribution in [-0.4, -0.2) is 5.97 Å². The number of carbonyl (C=O) groups is 1. The molecule has 5 rings (SSSR count). The second-order valence-electron chi connectivity index (χ2n) is 7.74. The molecule has 0 saturated carbocycles. The van der Waals surface area contributed by atoms with E-state index in [9.17, 15) is 4.79 Å². The number of hydrazine groups is 1. The molecule has 0 bridgehead atoms. The number of benzene rings is 3. The summed E-state index contributed by atoms with van der Waals surface area (Å²) in [6.07, 6.45) is 0.478. The molecule has 0 aliphatic carbocycles. The second kappa shape index (κ2) is 7.81. The average Bonchev–Trinajstić information content (AvgIpc) is 3.06. The van der Waals surface area contributed by atoms with Gasteiger partial charge in [0.1, 0.15) is 0 Å². The lowest BCUT2D eigenvalue weighted by atomic mass is 10.0. The number of aryl methyl sites for hydroxylation is 2. The monoisotopic (exact) mass is 410 g/mol. The number of nitrogens with zero attached hydrogens (tertiary/aromatic N) is 3. The lowest BCUT2D eigenvalue weighted by Gasteiger charge is -2.19. The van der Waals surface area contributed by atoms with Crippen molar-refractivity contribution in [3.05, 3.63) is 112 Å². The van der Waals surface area contributed by atoms with Gasteiger partial charge in [-0.3, -0.25) is 4.99 Å². The number of anilines is 1. The molecule has 1 unspecified atom stereocenters. The summed E-state index contributed by atoms with van der Waals surface area (Å²) < 4.78 is 0. The number of rotatable bonds is 2. The number of carbonyl (C=O) groups excluding carboxylic acids is 1. The molecular weight excluding hydrogens is 388 g/mol. The molecule has 2 aliphatic heterocycles. The molecule has 154 valence electrons. The Morgan fingerprint density at radius 1 is 0.935 bits per heavy atom. The topological polar surface area (TPSA) is 66.3 Å². The Labute approximate surface area is 180 Å². The first kappa shape index (κ1) is 19.2. The Balaban J connectivity index is 1.70. The Bertz CT molecular complexity index is 1310. The van der Waals surface area contributed by atoms with Crippen LogP contribution in [0.5, 0.6) is 0 Å². The highest BCUT2D eigenvalue weighted by atomic mass is 16.7. The quantitative estimate of drug-likeness (QED) is 0.658. The summed E-state index contributed by atoms with van der Waals surface area (Å²) in [5, 5.41) is 3.22. The van der Waals surface area contributed by atoms with E-state index in [1.54, 1.807) is 5.01 Å². The predicted octanol–water partition coefficient (Wildman–Crippen LogP) is 3.38. The fourth-order valence-corrected chi connectivity index (χ4v) is 3.84. The van der Waals surface area contributed by atoms with Crippen LogP contribution < -0.4 is 21.3 Å². The summed E-state index contributed by atoms with van der Waals surface area (Å²) in [5.41, 5.74) is 7.97. The molecule has 1 atom stereocenters. The highest BCUT2D eigenvalue weighted by Gasteiger charge is 2.34. The molecule has 31 heavy (non-hydrogen) atoms. The van der Waals surface area contributed by atoms with Crippen LogP contribution in [0.1, 0.15) is 29.2 Å². The van der Waals surface area contributed by atoms with Crippen molar-refractivity contribution in [2.75, 3.05) is 5.01 Å². The fraction of sp³-hybridized carbons (Fsp3) is 0.160. The first-order valence-corrected chi connectivity index (χ1v) is 10.2. The maximum atomic E-state index is 12.8. The zero-order valence-electron chi connectivity index (χ0n) is 17.4. The van der Waals surface area contributed by atoms with E-state index in [4.69, 9.17) is 14.8 Å². The third kappa shape index (κ3) is 3.62. The van der Waals surface area contributed by atoms with Gasteiger partial charge in [-0.2, -0.15) is 0 Å². The van der Waals surface area contributed by atoms with Gasteiger partial charge in [0.2, 0.25) is 0 Å². The van der Waals surface area contributed by atoms with Gasteiger partial charge < -0.3 is 4.84 Å².